The van der Waals surface area contributed by atoms with Crippen LogP contribution in [0.3, 0.4) is 0 Å². The standard InChI is InChI=1S/C19H20N2O3/c1-21(2)15-7-4-14(5-8-15)6-11-19-20-17-10-9-16(23-13-22-3)12-18(17)24-19/h4-12H,13H2,1-3H3. The molecule has 0 spiro atoms. The first-order valence-electron chi connectivity index (χ1n) is 7.63. The quantitative estimate of drug-likeness (QED) is 0.640. The summed E-state index contributed by atoms with van der Waals surface area (Å²) in [4.78, 5) is 6.51. The molecule has 0 aliphatic rings. The van der Waals surface area contributed by atoms with Gasteiger partial charge in [-0.1, -0.05) is 12.1 Å². The lowest BCUT2D eigenvalue weighted by atomic mass is 10.2. The molecule has 0 bridgehead atoms. The van der Waals surface area contributed by atoms with Gasteiger partial charge in [0.2, 0.25) is 5.89 Å². The van der Waals surface area contributed by atoms with Gasteiger partial charge in [-0.2, -0.15) is 0 Å². The predicted molar refractivity (Wildman–Crippen MR) is 96.2 cm³/mol. The molecule has 2 aromatic carbocycles. The lowest BCUT2D eigenvalue weighted by molar-refractivity contribution is 0.0512. The maximum Gasteiger partial charge on any atom is 0.220 e. The van der Waals surface area contributed by atoms with Crippen molar-refractivity contribution in [2.45, 2.75) is 0 Å². The van der Waals surface area contributed by atoms with Gasteiger partial charge in [-0.15, -0.1) is 0 Å². The van der Waals surface area contributed by atoms with Gasteiger partial charge in [0.25, 0.3) is 0 Å². The molecule has 0 saturated heterocycles. The molecule has 0 saturated carbocycles. The lowest BCUT2D eigenvalue weighted by Crippen LogP contribution is -2.07. The predicted octanol–water partition coefficient (Wildman–Crippen LogP) is 4.05. The van der Waals surface area contributed by atoms with E-state index in [1.807, 2.05) is 44.4 Å². The van der Waals surface area contributed by atoms with E-state index in [0.29, 0.717) is 17.2 Å². The van der Waals surface area contributed by atoms with Gasteiger partial charge in [0.15, 0.2) is 12.4 Å². The van der Waals surface area contributed by atoms with Gasteiger partial charge in [0, 0.05) is 39.0 Å². The summed E-state index contributed by atoms with van der Waals surface area (Å²) in [5.74, 6) is 1.25. The number of rotatable bonds is 6. The fraction of sp³-hybridized carbons (Fsp3) is 0.211. The van der Waals surface area contributed by atoms with Crippen LogP contribution in [0.2, 0.25) is 0 Å². The first-order chi connectivity index (χ1) is 11.7. The summed E-state index contributed by atoms with van der Waals surface area (Å²) in [5.41, 5.74) is 3.73. The molecule has 124 valence electrons. The van der Waals surface area contributed by atoms with Crippen LogP contribution >= 0.6 is 0 Å². The third kappa shape index (κ3) is 3.75. The van der Waals surface area contributed by atoms with Gasteiger partial charge in [0.05, 0.1) is 0 Å². The van der Waals surface area contributed by atoms with Crippen LogP contribution < -0.4 is 9.64 Å². The summed E-state index contributed by atoms with van der Waals surface area (Å²) < 4.78 is 16.0. The Hall–Kier alpha value is -2.79. The number of methoxy groups -OCH3 is 1. The van der Waals surface area contributed by atoms with Crippen LogP contribution in [0.15, 0.2) is 46.9 Å². The van der Waals surface area contributed by atoms with E-state index in [-0.39, 0.29) is 6.79 Å². The van der Waals surface area contributed by atoms with Crippen molar-refractivity contribution >= 4 is 28.9 Å². The highest BCUT2D eigenvalue weighted by molar-refractivity contribution is 5.77. The molecule has 3 rings (SSSR count). The largest absolute Gasteiger partial charge is 0.467 e. The van der Waals surface area contributed by atoms with Crippen molar-refractivity contribution < 1.29 is 13.9 Å². The van der Waals surface area contributed by atoms with Gasteiger partial charge < -0.3 is 18.8 Å². The van der Waals surface area contributed by atoms with Crippen LogP contribution in [-0.2, 0) is 4.74 Å². The molecule has 5 nitrogen and oxygen atoms in total. The zero-order valence-corrected chi connectivity index (χ0v) is 14.0. The van der Waals surface area contributed by atoms with Crippen LogP contribution in [-0.4, -0.2) is 33.0 Å². The van der Waals surface area contributed by atoms with E-state index in [1.165, 1.54) is 0 Å². The van der Waals surface area contributed by atoms with Crippen molar-refractivity contribution in [1.29, 1.82) is 0 Å². The number of fused-ring (bicyclic) bond motifs is 1. The van der Waals surface area contributed by atoms with E-state index in [2.05, 4.69) is 34.1 Å². The highest BCUT2D eigenvalue weighted by atomic mass is 16.7. The van der Waals surface area contributed by atoms with Crippen LogP contribution in [0.4, 0.5) is 5.69 Å². The van der Waals surface area contributed by atoms with Crippen molar-refractivity contribution in [2.75, 3.05) is 32.9 Å². The molecular weight excluding hydrogens is 304 g/mol. The molecule has 0 amide bonds. The Kier molecular flexibility index (Phi) is 4.82. The summed E-state index contributed by atoms with van der Waals surface area (Å²) in [6.45, 7) is 0.204. The molecule has 0 aliphatic carbocycles. The number of hydrogen-bond acceptors (Lipinski definition) is 5. The first kappa shape index (κ1) is 16.1. The average Bonchev–Trinajstić information content (AvgIpc) is 3.00. The SMILES string of the molecule is COCOc1ccc2nc(C=Cc3ccc(N(C)C)cc3)oc2c1. The van der Waals surface area contributed by atoms with Crippen molar-refractivity contribution in [2.24, 2.45) is 0 Å². The summed E-state index contributed by atoms with van der Waals surface area (Å²) in [7, 11) is 5.63. The third-order valence-corrected chi connectivity index (χ3v) is 3.55. The summed E-state index contributed by atoms with van der Waals surface area (Å²) in [5, 5.41) is 0. The number of nitrogens with zero attached hydrogens (tertiary/aromatic N) is 2. The highest BCUT2D eigenvalue weighted by Crippen LogP contribution is 2.23. The van der Waals surface area contributed by atoms with Crippen LogP contribution in [0.25, 0.3) is 23.3 Å². The fourth-order valence-electron chi connectivity index (χ4n) is 2.26. The molecule has 24 heavy (non-hydrogen) atoms. The molecule has 0 radical (unpaired) electrons. The molecule has 3 aromatic rings. The van der Waals surface area contributed by atoms with E-state index < -0.39 is 0 Å². The molecule has 0 atom stereocenters. The second-order valence-corrected chi connectivity index (χ2v) is 5.55. The molecule has 0 aliphatic heterocycles. The number of benzene rings is 2. The van der Waals surface area contributed by atoms with Crippen LogP contribution in [0.5, 0.6) is 5.75 Å². The van der Waals surface area contributed by atoms with E-state index >= 15 is 0 Å². The summed E-state index contributed by atoms with van der Waals surface area (Å²) >= 11 is 0. The van der Waals surface area contributed by atoms with E-state index in [0.717, 1.165) is 16.8 Å². The Bertz CT molecular complexity index is 835. The van der Waals surface area contributed by atoms with E-state index in [9.17, 15) is 0 Å². The van der Waals surface area contributed by atoms with E-state index in [4.69, 9.17) is 13.9 Å². The summed E-state index contributed by atoms with van der Waals surface area (Å²) in [6, 6.07) is 13.8. The lowest BCUT2D eigenvalue weighted by Gasteiger charge is -2.11. The Balaban J connectivity index is 1.76. The summed E-state index contributed by atoms with van der Waals surface area (Å²) in [6.07, 6.45) is 3.84. The zero-order valence-electron chi connectivity index (χ0n) is 14.0. The van der Waals surface area contributed by atoms with Crippen molar-refractivity contribution in [3.05, 3.63) is 53.9 Å². The minimum Gasteiger partial charge on any atom is -0.467 e. The molecule has 0 unspecified atom stereocenters. The van der Waals surface area contributed by atoms with Gasteiger partial charge >= 0.3 is 0 Å². The monoisotopic (exact) mass is 324 g/mol. The number of aromatic nitrogens is 1. The Morgan fingerprint density at radius 3 is 2.58 bits per heavy atom. The van der Waals surface area contributed by atoms with Gasteiger partial charge in [-0.3, -0.25) is 0 Å². The second kappa shape index (κ2) is 7.19. The van der Waals surface area contributed by atoms with Crippen molar-refractivity contribution in [3.63, 3.8) is 0 Å². The van der Waals surface area contributed by atoms with Crippen molar-refractivity contribution in [1.82, 2.24) is 4.98 Å². The zero-order chi connectivity index (χ0) is 16.9. The molecule has 1 aromatic heterocycles. The Labute approximate surface area is 141 Å². The number of oxazole rings is 1. The maximum atomic E-state index is 5.75. The molecule has 5 heteroatoms. The maximum absolute atomic E-state index is 5.75. The van der Waals surface area contributed by atoms with Crippen LogP contribution in [0, 0.1) is 0 Å². The van der Waals surface area contributed by atoms with E-state index in [1.54, 1.807) is 7.11 Å². The Morgan fingerprint density at radius 1 is 1.08 bits per heavy atom. The molecular formula is C19H20N2O3. The second-order valence-electron chi connectivity index (χ2n) is 5.55. The van der Waals surface area contributed by atoms with Crippen LogP contribution in [0.1, 0.15) is 11.5 Å². The molecule has 0 N–H and O–H groups in total. The highest BCUT2D eigenvalue weighted by Gasteiger charge is 2.05. The molecule has 0 fully saturated rings. The van der Waals surface area contributed by atoms with Gasteiger partial charge in [-0.05, 0) is 35.9 Å². The van der Waals surface area contributed by atoms with Crippen molar-refractivity contribution in [3.8, 4) is 5.75 Å². The normalized spacial score (nSPS) is 11.3. The topological polar surface area (TPSA) is 47.7 Å². The third-order valence-electron chi connectivity index (χ3n) is 3.55. The minimum absolute atomic E-state index is 0.204. The van der Waals surface area contributed by atoms with Gasteiger partial charge in [-0.25, -0.2) is 4.98 Å². The number of hydrogen-bond donors (Lipinski definition) is 0. The number of ether oxygens (including phenoxy) is 2. The van der Waals surface area contributed by atoms with Gasteiger partial charge in [0.1, 0.15) is 11.3 Å². The minimum atomic E-state index is 0.204. The first-order valence-corrected chi connectivity index (χ1v) is 7.63. The smallest absolute Gasteiger partial charge is 0.220 e. The number of anilines is 1. The Morgan fingerprint density at radius 2 is 1.88 bits per heavy atom. The molecule has 1 heterocycles. The fourth-order valence-corrected chi connectivity index (χ4v) is 2.26. The average molecular weight is 324 g/mol.